The topological polar surface area (TPSA) is 62.2 Å². The number of carboxylic acid groups (broad SMARTS) is 1. The third kappa shape index (κ3) is 3.05. The number of aromatic carboxylic acids is 1. The summed E-state index contributed by atoms with van der Waals surface area (Å²) in [6.07, 6.45) is 0. The van der Waals surface area contributed by atoms with Gasteiger partial charge in [0.1, 0.15) is 16.7 Å². The molecule has 0 bridgehead atoms. The molecule has 0 unspecified atom stereocenters. The lowest BCUT2D eigenvalue weighted by molar-refractivity contribution is 0.0697. The number of hydrogen-bond acceptors (Lipinski definition) is 3. The number of nitrogens with one attached hydrogen (secondary N) is 1. The molecular weight excluding hydrogens is 316 g/mol. The van der Waals surface area contributed by atoms with Gasteiger partial charge >= 0.3 is 5.97 Å². The fourth-order valence-corrected chi connectivity index (χ4v) is 1.70. The number of benzene rings is 1. The van der Waals surface area contributed by atoms with Gasteiger partial charge in [-0.3, -0.25) is 0 Å². The van der Waals surface area contributed by atoms with Crippen molar-refractivity contribution in [3.8, 4) is 0 Å². The lowest BCUT2D eigenvalue weighted by Gasteiger charge is -2.10. The van der Waals surface area contributed by atoms with Crippen molar-refractivity contribution in [2.45, 2.75) is 0 Å². The summed E-state index contributed by atoms with van der Waals surface area (Å²) in [6.45, 7) is 0. The molecule has 0 radical (unpaired) electrons. The maximum Gasteiger partial charge on any atom is 0.335 e. The highest BCUT2D eigenvalue weighted by Crippen LogP contribution is 2.27. The van der Waals surface area contributed by atoms with E-state index in [-0.39, 0.29) is 22.6 Å². The summed E-state index contributed by atoms with van der Waals surface area (Å²) in [5.74, 6) is -8.33. The van der Waals surface area contributed by atoms with E-state index < -0.39 is 34.9 Å². The molecule has 2 rings (SSSR count). The Bertz CT molecular complexity index is 713. The van der Waals surface area contributed by atoms with Crippen molar-refractivity contribution < 1.29 is 27.5 Å². The van der Waals surface area contributed by atoms with E-state index in [0.29, 0.717) is 0 Å². The van der Waals surface area contributed by atoms with Crippen LogP contribution in [0.2, 0.25) is 5.15 Å². The van der Waals surface area contributed by atoms with Gasteiger partial charge in [-0.2, -0.15) is 0 Å². The molecule has 0 fully saturated rings. The summed E-state index contributed by atoms with van der Waals surface area (Å²) in [6, 6.07) is 1.94. The normalized spacial score (nSPS) is 10.5. The summed E-state index contributed by atoms with van der Waals surface area (Å²) in [7, 11) is 0. The van der Waals surface area contributed by atoms with Crippen LogP contribution in [0.15, 0.2) is 18.2 Å². The van der Waals surface area contributed by atoms with Crippen molar-refractivity contribution >= 4 is 29.1 Å². The van der Waals surface area contributed by atoms with Crippen LogP contribution < -0.4 is 5.32 Å². The molecule has 1 heterocycles. The van der Waals surface area contributed by atoms with Crippen LogP contribution in [-0.4, -0.2) is 16.1 Å². The van der Waals surface area contributed by atoms with Gasteiger partial charge in [-0.05, 0) is 12.1 Å². The number of carboxylic acids is 1. The molecule has 21 heavy (non-hydrogen) atoms. The zero-order valence-electron chi connectivity index (χ0n) is 9.92. The van der Waals surface area contributed by atoms with Crippen LogP contribution in [0.25, 0.3) is 0 Å². The van der Waals surface area contributed by atoms with Crippen LogP contribution in [0, 0.1) is 23.3 Å². The van der Waals surface area contributed by atoms with Crippen molar-refractivity contribution in [3.63, 3.8) is 0 Å². The number of halogens is 5. The van der Waals surface area contributed by atoms with E-state index in [4.69, 9.17) is 16.7 Å². The average Bonchev–Trinajstić information content (AvgIpc) is 2.41. The highest BCUT2D eigenvalue weighted by Gasteiger charge is 2.20. The molecular formula is C12H5ClF4N2O2. The molecule has 0 saturated carbocycles. The van der Waals surface area contributed by atoms with E-state index in [1.807, 2.05) is 5.32 Å². The maximum atomic E-state index is 13.5. The molecule has 4 nitrogen and oxygen atoms in total. The summed E-state index contributed by atoms with van der Waals surface area (Å²) < 4.78 is 53.0. The summed E-state index contributed by atoms with van der Waals surface area (Å²) in [4.78, 5) is 14.4. The first-order valence-electron chi connectivity index (χ1n) is 5.30. The van der Waals surface area contributed by atoms with Crippen LogP contribution in [0.3, 0.4) is 0 Å². The SMILES string of the molecule is O=C(O)c1cc(Cl)nc(Nc2c(F)c(F)cc(F)c2F)c1. The minimum Gasteiger partial charge on any atom is -0.478 e. The van der Waals surface area contributed by atoms with Crippen LogP contribution in [0.5, 0.6) is 0 Å². The summed E-state index contributed by atoms with van der Waals surface area (Å²) >= 11 is 5.55. The van der Waals surface area contributed by atoms with Crippen molar-refractivity contribution in [2.24, 2.45) is 0 Å². The van der Waals surface area contributed by atoms with Crippen LogP contribution >= 0.6 is 11.6 Å². The fraction of sp³-hybridized carbons (Fsp3) is 0. The quantitative estimate of drug-likeness (QED) is 0.514. The number of nitrogens with zero attached hydrogens (tertiary/aromatic N) is 1. The van der Waals surface area contributed by atoms with Gasteiger partial charge < -0.3 is 10.4 Å². The zero-order valence-corrected chi connectivity index (χ0v) is 10.7. The first-order valence-corrected chi connectivity index (χ1v) is 5.68. The Kier molecular flexibility index (Phi) is 3.99. The molecule has 1 aromatic heterocycles. The first-order chi connectivity index (χ1) is 9.79. The number of aromatic nitrogens is 1. The van der Waals surface area contributed by atoms with E-state index in [1.54, 1.807) is 0 Å². The van der Waals surface area contributed by atoms with E-state index in [1.165, 1.54) is 0 Å². The lowest BCUT2D eigenvalue weighted by Crippen LogP contribution is -2.06. The second-order valence-electron chi connectivity index (χ2n) is 3.84. The third-order valence-electron chi connectivity index (χ3n) is 2.41. The van der Waals surface area contributed by atoms with Gasteiger partial charge in [-0.15, -0.1) is 0 Å². The Hall–Kier alpha value is -2.35. The average molecular weight is 321 g/mol. The Morgan fingerprint density at radius 3 is 2.19 bits per heavy atom. The molecule has 0 aliphatic heterocycles. The molecule has 0 amide bonds. The number of pyridine rings is 1. The van der Waals surface area contributed by atoms with Gasteiger partial charge in [0.05, 0.1) is 5.56 Å². The van der Waals surface area contributed by atoms with E-state index in [0.717, 1.165) is 12.1 Å². The number of hydrogen-bond donors (Lipinski definition) is 2. The molecule has 0 aliphatic rings. The highest BCUT2D eigenvalue weighted by atomic mass is 35.5. The summed E-state index contributed by atoms with van der Waals surface area (Å²) in [5.41, 5.74) is -1.46. The molecule has 2 aromatic rings. The summed E-state index contributed by atoms with van der Waals surface area (Å²) in [5, 5.41) is 10.5. The molecule has 2 N–H and O–H groups in total. The highest BCUT2D eigenvalue weighted by molar-refractivity contribution is 6.29. The van der Waals surface area contributed by atoms with Gasteiger partial charge in [-0.25, -0.2) is 27.3 Å². The fourth-order valence-electron chi connectivity index (χ4n) is 1.50. The van der Waals surface area contributed by atoms with Gasteiger partial charge in [0.2, 0.25) is 0 Å². The third-order valence-corrected chi connectivity index (χ3v) is 2.60. The number of anilines is 2. The molecule has 0 saturated heterocycles. The molecule has 110 valence electrons. The predicted octanol–water partition coefficient (Wildman–Crippen LogP) is 3.73. The van der Waals surface area contributed by atoms with Crippen molar-refractivity contribution in [1.82, 2.24) is 4.98 Å². The van der Waals surface area contributed by atoms with Crippen LogP contribution in [-0.2, 0) is 0 Å². The lowest BCUT2D eigenvalue weighted by atomic mass is 10.2. The minimum atomic E-state index is -1.67. The van der Waals surface area contributed by atoms with Gasteiger partial charge in [0.25, 0.3) is 0 Å². The number of carbonyl (C=O) groups is 1. The minimum absolute atomic E-state index is 0.0456. The van der Waals surface area contributed by atoms with Crippen molar-refractivity contribution in [1.29, 1.82) is 0 Å². The van der Waals surface area contributed by atoms with Crippen LogP contribution in [0.1, 0.15) is 10.4 Å². The Labute approximate surface area is 120 Å². The molecule has 1 aromatic carbocycles. The second-order valence-corrected chi connectivity index (χ2v) is 4.22. The Balaban J connectivity index is 2.50. The molecule has 0 spiro atoms. The second kappa shape index (κ2) is 5.57. The van der Waals surface area contributed by atoms with E-state index >= 15 is 0 Å². The van der Waals surface area contributed by atoms with Crippen LogP contribution in [0.4, 0.5) is 29.1 Å². The zero-order chi connectivity index (χ0) is 15.7. The van der Waals surface area contributed by atoms with E-state index in [9.17, 15) is 22.4 Å². The van der Waals surface area contributed by atoms with Gasteiger partial charge in [0, 0.05) is 6.07 Å². The standard InChI is InChI=1S/C12H5ClF4N2O2/c13-7-1-4(12(20)21)2-8(18-7)19-11-9(16)5(14)3-6(15)10(11)17/h1-3H,(H,18,19)(H,20,21). The largest absolute Gasteiger partial charge is 0.478 e. The van der Waals surface area contributed by atoms with Gasteiger partial charge in [0.15, 0.2) is 23.3 Å². The Morgan fingerprint density at radius 1 is 1.10 bits per heavy atom. The predicted molar refractivity (Wildman–Crippen MR) is 65.8 cm³/mol. The smallest absolute Gasteiger partial charge is 0.335 e. The molecule has 0 atom stereocenters. The van der Waals surface area contributed by atoms with Gasteiger partial charge in [-0.1, -0.05) is 11.6 Å². The Morgan fingerprint density at radius 2 is 1.67 bits per heavy atom. The van der Waals surface area contributed by atoms with Crippen molar-refractivity contribution in [3.05, 3.63) is 52.2 Å². The first kappa shape index (κ1) is 15.0. The maximum absolute atomic E-state index is 13.5. The molecule has 0 aliphatic carbocycles. The number of rotatable bonds is 3. The molecule has 9 heteroatoms. The van der Waals surface area contributed by atoms with Crippen molar-refractivity contribution in [2.75, 3.05) is 5.32 Å². The monoisotopic (exact) mass is 320 g/mol. The van der Waals surface area contributed by atoms with E-state index in [2.05, 4.69) is 4.98 Å².